The molecule has 0 aliphatic heterocycles. The molecule has 0 aromatic carbocycles. The minimum absolute atomic E-state index is 0.102. The average Bonchev–Trinajstić information content (AvgIpc) is 3.61. The van der Waals surface area contributed by atoms with Crippen LogP contribution in [-0.4, -0.2) is 96.7 Å². The first-order valence-electron chi connectivity index (χ1n) is 37.2. The number of aliphatic hydroxyl groups excluding tert-OH is 1. The molecule has 4 unspecified atom stereocenters. The molecule has 0 radical (unpaired) electrons. The van der Waals surface area contributed by atoms with Crippen LogP contribution in [0, 0.1) is 23.7 Å². The highest BCUT2D eigenvalue weighted by molar-refractivity contribution is 7.47. The van der Waals surface area contributed by atoms with Gasteiger partial charge in [0.15, 0.2) is 12.2 Å². The Balaban J connectivity index is 5.19. The Kier molecular flexibility index (Phi) is 60.3. The predicted octanol–water partition coefficient (Wildman–Crippen LogP) is 20.5. The summed E-state index contributed by atoms with van der Waals surface area (Å²) in [6.07, 6.45) is 44.6. The minimum Gasteiger partial charge on any atom is -0.462 e. The van der Waals surface area contributed by atoms with E-state index in [1.165, 1.54) is 161 Å². The molecule has 0 saturated carbocycles. The molecular weight excluding hydrogens is 1200 g/mol. The van der Waals surface area contributed by atoms with Gasteiger partial charge in [-0.25, -0.2) is 9.13 Å². The van der Waals surface area contributed by atoms with Crippen molar-refractivity contribution in [3.63, 3.8) is 0 Å². The van der Waals surface area contributed by atoms with Crippen molar-refractivity contribution < 1.29 is 80.2 Å². The zero-order chi connectivity index (χ0) is 67.5. The first kappa shape index (κ1) is 89.1. The molecule has 0 aromatic heterocycles. The number of carbonyl (C=O) groups is 4. The van der Waals surface area contributed by atoms with Crippen LogP contribution >= 0.6 is 15.6 Å². The van der Waals surface area contributed by atoms with Crippen molar-refractivity contribution in [1.29, 1.82) is 0 Å². The van der Waals surface area contributed by atoms with Crippen molar-refractivity contribution >= 4 is 39.5 Å². The van der Waals surface area contributed by atoms with Crippen LogP contribution in [0.5, 0.6) is 0 Å². The van der Waals surface area contributed by atoms with E-state index in [4.69, 9.17) is 37.0 Å². The highest BCUT2D eigenvalue weighted by Crippen LogP contribution is 2.45. The SMILES string of the molecule is CCC(C)CCCCCCCCCCCCCCCCC(=O)OC[C@H](COP(=O)(O)OCC(O)COP(=O)(O)OC[C@@H](COC(=O)CCCCCCCCCCC(C)C)OC(=O)CCCCCCCCCCCCC(C)C)OC(=O)CCCCCCCCC(C)C. The van der Waals surface area contributed by atoms with Crippen LogP contribution in [0.1, 0.15) is 357 Å². The second-order valence-electron chi connectivity index (χ2n) is 27.6. The molecular formula is C72H140O17P2. The minimum atomic E-state index is -4.95. The van der Waals surface area contributed by atoms with E-state index in [-0.39, 0.29) is 25.7 Å². The van der Waals surface area contributed by atoms with E-state index in [9.17, 15) is 43.2 Å². The Morgan fingerprint density at radius 1 is 0.308 bits per heavy atom. The monoisotopic (exact) mass is 1340 g/mol. The average molecular weight is 1340 g/mol. The highest BCUT2D eigenvalue weighted by Gasteiger charge is 2.30. The third-order valence-electron chi connectivity index (χ3n) is 16.9. The molecule has 0 spiro atoms. The Morgan fingerprint density at radius 2 is 0.527 bits per heavy atom. The Morgan fingerprint density at radius 3 is 0.780 bits per heavy atom. The van der Waals surface area contributed by atoms with Crippen LogP contribution in [-0.2, 0) is 65.4 Å². The van der Waals surface area contributed by atoms with Crippen molar-refractivity contribution in [1.82, 2.24) is 0 Å². The molecule has 17 nitrogen and oxygen atoms in total. The first-order valence-corrected chi connectivity index (χ1v) is 40.2. The molecule has 540 valence electrons. The summed E-state index contributed by atoms with van der Waals surface area (Å²) in [6.45, 7) is 14.1. The molecule has 0 aliphatic carbocycles. The van der Waals surface area contributed by atoms with E-state index in [1.54, 1.807) is 0 Å². The molecule has 6 atom stereocenters. The molecule has 0 aromatic rings. The van der Waals surface area contributed by atoms with Gasteiger partial charge in [0.05, 0.1) is 26.4 Å². The topological polar surface area (TPSA) is 237 Å². The molecule has 0 amide bonds. The van der Waals surface area contributed by atoms with Gasteiger partial charge in [-0.2, -0.15) is 0 Å². The lowest BCUT2D eigenvalue weighted by Crippen LogP contribution is -2.30. The quantitative estimate of drug-likeness (QED) is 0.0222. The largest absolute Gasteiger partial charge is 0.472 e. The lowest BCUT2D eigenvalue weighted by Gasteiger charge is -2.21. The third-order valence-corrected chi connectivity index (χ3v) is 18.8. The van der Waals surface area contributed by atoms with Gasteiger partial charge in [-0.1, -0.05) is 306 Å². The summed E-state index contributed by atoms with van der Waals surface area (Å²) < 4.78 is 68.3. The van der Waals surface area contributed by atoms with Crippen LogP contribution < -0.4 is 0 Å². The summed E-state index contributed by atoms with van der Waals surface area (Å²) in [5, 5.41) is 10.6. The maximum absolute atomic E-state index is 13.0. The van der Waals surface area contributed by atoms with E-state index >= 15 is 0 Å². The summed E-state index contributed by atoms with van der Waals surface area (Å²) in [5.41, 5.74) is 0. The first-order chi connectivity index (χ1) is 43.6. The van der Waals surface area contributed by atoms with Crippen molar-refractivity contribution in [2.24, 2.45) is 23.7 Å². The highest BCUT2D eigenvalue weighted by atomic mass is 31.2. The van der Waals surface area contributed by atoms with Gasteiger partial charge < -0.3 is 33.8 Å². The number of phosphoric acid groups is 2. The van der Waals surface area contributed by atoms with Gasteiger partial charge in [0, 0.05) is 25.7 Å². The van der Waals surface area contributed by atoms with Crippen molar-refractivity contribution in [3.05, 3.63) is 0 Å². The molecule has 91 heavy (non-hydrogen) atoms. The van der Waals surface area contributed by atoms with Crippen molar-refractivity contribution in [2.75, 3.05) is 39.6 Å². The van der Waals surface area contributed by atoms with E-state index in [0.717, 1.165) is 108 Å². The van der Waals surface area contributed by atoms with E-state index < -0.39 is 97.5 Å². The number of phosphoric ester groups is 2. The fraction of sp³-hybridized carbons (Fsp3) is 0.944. The normalized spacial score (nSPS) is 14.5. The summed E-state index contributed by atoms with van der Waals surface area (Å²) >= 11 is 0. The summed E-state index contributed by atoms with van der Waals surface area (Å²) in [5.74, 6) is 0.866. The number of carbonyl (C=O) groups excluding carboxylic acids is 4. The third kappa shape index (κ3) is 65.1. The molecule has 3 N–H and O–H groups in total. The number of hydrogen-bond acceptors (Lipinski definition) is 15. The lowest BCUT2D eigenvalue weighted by atomic mass is 9.99. The number of unbranched alkanes of at least 4 members (excludes halogenated alkanes) is 34. The van der Waals surface area contributed by atoms with E-state index in [1.807, 2.05) is 0 Å². The zero-order valence-corrected chi connectivity index (χ0v) is 61.3. The Bertz CT molecular complexity index is 1800. The predicted molar refractivity (Wildman–Crippen MR) is 367 cm³/mol. The van der Waals surface area contributed by atoms with Crippen LogP contribution in [0.3, 0.4) is 0 Å². The maximum atomic E-state index is 13.0. The smallest absolute Gasteiger partial charge is 0.462 e. The van der Waals surface area contributed by atoms with Crippen LogP contribution in [0.2, 0.25) is 0 Å². The number of esters is 4. The lowest BCUT2D eigenvalue weighted by molar-refractivity contribution is -0.161. The van der Waals surface area contributed by atoms with E-state index in [0.29, 0.717) is 31.6 Å². The van der Waals surface area contributed by atoms with Gasteiger partial charge in [-0.05, 0) is 49.4 Å². The van der Waals surface area contributed by atoms with Crippen molar-refractivity contribution in [3.8, 4) is 0 Å². The maximum Gasteiger partial charge on any atom is 0.472 e. The van der Waals surface area contributed by atoms with Gasteiger partial charge in [-0.3, -0.25) is 37.3 Å². The standard InChI is InChI=1S/C72H140O17P2/c1-9-65(8)51-43-35-26-19-14-12-10-11-13-15-20-27-36-44-52-69(74)82-59-68(89-72(77)55-47-39-31-30-34-42-50-64(6)7)61-87-91(80,81)85-57-66(73)56-84-90(78,79)86-60-67(58-83-70(75)53-45-37-28-23-22-25-33-41-49-63(4)5)88-71(76)54-46-38-29-21-17-16-18-24-32-40-48-62(2)3/h62-68,73H,9-61H2,1-8H3,(H,78,79)(H,80,81)/t65?,66?,67-,68-/m1/s1. The number of hydrogen-bond donors (Lipinski definition) is 3. The van der Waals surface area contributed by atoms with Crippen LogP contribution in [0.25, 0.3) is 0 Å². The number of ether oxygens (including phenoxy) is 4. The van der Waals surface area contributed by atoms with Crippen molar-refractivity contribution in [2.45, 2.75) is 375 Å². The fourth-order valence-electron chi connectivity index (χ4n) is 10.8. The molecule has 0 heterocycles. The molecule has 0 aliphatic rings. The van der Waals surface area contributed by atoms with Crippen LogP contribution in [0.15, 0.2) is 0 Å². The summed E-state index contributed by atoms with van der Waals surface area (Å²) in [6, 6.07) is 0. The van der Waals surface area contributed by atoms with Gasteiger partial charge in [0.1, 0.15) is 19.3 Å². The zero-order valence-electron chi connectivity index (χ0n) is 59.5. The number of rotatable bonds is 69. The molecule has 19 heteroatoms. The summed E-state index contributed by atoms with van der Waals surface area (Å²) in [4.78, 5) is 72.6. The second-order valence-corrected chi connectivity index (χ2v) is 30.6. The molecule has 0 rings (SSSR count). The molecule has 0 bridgehead atoms. The fourth-order valence-corrected chi connectivity index (χ4v) is 12.4. The number of aliphatic hydroxyl groups is 1. The summed E-state index contributed by atoms with van der Waals surface area (Å²) in [7, 11) is -9.90. The second kappa shape index (κ2) is 61.6. The van der Waals surface area contributed by atoms with Gasteiger partial charge >= 0.3 is 39.5 Å². The van der Waals surface area contributed by atoms with Gasteiger partial charge in [0.25, 0.3) is 0 Å². The Hall–Kier alpha value is -1.94. The van der Waals surface area contributed by atoms with Gasteiger partial charge in [0.2, 0.25) is 0 Å². The van der Waals surface area contributed by atoms with Crippen LogP contribution in [0.4, 0.5) is 0 Å². The Labute approximate surface area is 556 Å². The van der Waals surface area contributed by atoms with E-state index in [2.05, 4.69) is 55.4 Å². The molecule has 0 fully saturated rings. The molecule has 0 saturated heterocycles. The van der Waals surface area contributed by atoms with Gasteiger partial charge in [-0.15, -0.1) is 0 Å².